The number of hydrogen-bond acceptors (Lipinski definition) is 4. The quantitative estimate of drug-likeness (QED) is 0.496. The lowest BCUT2D eigenvalue weighted by atomic mass is 10.1. The second-order valence-corrected chi connectivity index (χ2v) is 6.54. The second-order valence-electron chi connectivity index (χ2n) is 6.54. The molecule has 0 unspecified atom stereocenters. The number of fused-ring (bicyclic) bond motifs is 1. The van der Waals surface area contributed by atoms with Gasteiger partial charge in [0.25, 0.3) is 0 Å². The second kappa shape index (κ2) is 6.87. The molecule has 1 aliphatic rings. The Morgan fingerprint density at radius 1 is 0.897 bits per heavy atom. The van der Waals surface area contributed by atoms with Crippen LogP contribution in [0.4, 0.5) is 29.2 Å². The lowest BCUT2D eigenvalue weighted by Gasteiger charge is -2.18. The number of halogens is 4. The van der Waals surface area contributed by atoms with E-state index in [-0.39, 0.29) is 19.0 Å². The van der Waals surface area contributed by atoms with E-state index in [1.165, 1.54) is 41.0 Å². The Morgan fingerprint density at radius 3 is 2.17 bits per heavy atom. The van der Waals surface area contributed by atoms with Gasteiger partial charge in [-0.3, -0.25) is 14.2 Å². The van der Waals surface area contributed by atoms with Crippen molar-refractivity contribution in [3.8, 4) is 0 Å². The van der Waals surface area contributed by atoms with Gasteiger partial charge in [-0.1, -0.05) is 12.1 Å². The molecule has 0 bridgehead atoms. The van der Waals surface area contributed by atoms with Gasteiger partial charge in [-0.15, -0.1) is 5.10 Å². The molecule has 0 aliphatic carbocycles. The van der Waals surface area contributed by atoms with Crippen molar-refractivity contribution in [3.05, 3.63) is 86.2 Å². The first-order chi connectivity index (χ1) is 13.7. The van der Waals surface area contributed by atoms with Crippen molar-refractivity contribution in [2.24, 2.45) is 0 Å². The standard InChI is InChI=1S/C19H14F4N4O2/c20-14-5-7-15(8-6-14)25-9-10-26-16(28)17(29)27(24-18(25)26)11-12-1-3-13(4-2-12)19(21,22)23/h1-8H,9-11H2. The summed E-state index contributed by atoms with van der Waals surface area (Å²) in [4.78, 5) is 26.5. The van der Waals surface area contributed by atoms with E-state index in [1.54, 1.807) is 4.90 Å². The average molecular weight is 406 g/mol. The SMILES string of the molecule is O=c1c(=O)n2c(nn1Cc1ccc(C(F)(F)F)cc1)N(c1ccc(F)cc1)CC2. The summed E-state index contributed by atoms with van der Waals surface area (Å²) in [5, 5.41) is 4.24. The first-order valence-corrected chi connectivity index (χ1v) is 8.65. The molecule has 2 aromatic carbocycles. The Kier molecular flexibility index (Phi) is 4.48. The van der Waals surface area contributed by atoms with Crippen LogP contribution in [0.15, 0.2) is 58.1 Å². The minimum Gasteiger partial charge on any atom is -0.309 e. The molecule has 0 N–H and O–H groups in total. The molecular formula is C19H14F4N4O2. The Hall–Kier alpha value is -3.43. The fourth-order valence-corrected chi connectivity index (χ4v) is 3.17. The zero-order valence-corrected chi connectivity index (χ0v) is 14.9. The van der Waals surface area contributed by atoms with E-state index in [4.69, 9.17) is 0 Å². The molecule has 0 radical (unpaired) electrons. The molecule has 4 rings (SSSR count). The van der Waals surface area contributed by atoms with E-state index < -0.39 is 28.7 Å². The van der Waals surface area contributed by atoms with E-state index in [1.807, 2.05) is 0 Å². The minimum atomic E-state index is -4.46. The van der Waals surface area contributed by atoms with Crippen LogP contribution >= 0.6 is 0 Å². The molecule has 3 aromatic rings. The summed E-state index contributed by atoms with van der Waals surface area (Å²) in [6, 6.07) is 9.89. The van der Waals surface area contributed by atoms with Crippen molar-refractivity contribution < 1.29 is 17.6 Å². The number of alkyl halides is 3. The lowest BCUT2D eigenvalue weighted by Crippen LogP contribution is -2.42. The lowest BCUT2D eigenvalue weighted by molar-refractivity contribution is -0.137. The fourth-order valence-electron chi connectivity index (χ4n) is 3.17. The van der Waals surface area contributed by atoms with Gasteiger partial charge in [0.1, 0.15) is 5.82 Å². The van der Waals surface area contributed by atoms with Crippen LogP contribution in [0, 0.1) is 5.82 Å². The van der Waals surface area contributed by atoms with E-state index in [0.29, 0.717) is 17.8 Å². The Labute approximate surface area is 161 Å². The molecule has 10 heteroatoms. The molecule has 0 atom stereocenters. The van der Waals surface area contributed by atoms with Crippen molar-refractivity contribution in [1.82, 2.24) is 14.3 Å². The maximum absolute atomic E-state index is 13.2. The third kappa shape index (κ3) is 3.53. The van der Waals surface area contributed by atoms with Gasteiger partial charge in [-0.05, 0) is 42.0 Å². The van der Waals surface area contributed by atoms with Crippen LogP contribution in [0.2, 0.25) is 0 Å². The highest BCUT2D eigenvalue weighted by Gasteiger charge is 2.30. The summed E-state index contributed by atoms with van der Waals surface area (Å²) >= 11 is 0. The molecule has 6 nitrogen and oxygen atoms in total. The Morgan fingerprint density at radius 2 is 1.55 bits per heavy atom. The minimum absolute atomic E-state index is 0.155. The number of nitrogens with zero attached hydrogens (tertiary/aromatic N) is 4. The summed E-state index contributed by atoms with van der Waals surface area (Å²) in [5.74, 6) is -0.196. The number of benzene rings is 2. The smallest absolute Gasteiger partial charge is 0.309 e. The largest absolute Gasteiger partial charge is 0.416 e. The molecule has 29 heavy (non-hydrogen) atoms. The van der Waals surface area contributed by atoms with Gasteiger partial charge in [-0.25, -0.2) is 9.07 Å². The number of anilines is 2. The molecule has 0 spiro atoms. The molecule has 0 amide bonds. The van der Waals surface area contributed by atoms with Crippen molar-refractivity contribution in [2.45, 2.75) is 19.3 Å². The van der Waals surface area contributed by atoms with Gasteiger partial charge >= 0.3 is 17.3 Å². The van der Waals surface area contributed by atoms with Crippen molar-refractivity contribution >= 4 is 11.6 Å². The number of rotatable bonds is 3. The highest BCUT2D eigenvalue weighted by Crippen LogP contribution is 2.29. The van der Waals surface area contributed by atoms with Crippen molar-refractivity contribution in [1.29, 1.82) is 0 Å². The summed E-state index contributed by atoms with van der Waals surface area (Å²) < 4.78 is 53.5. The molecule has 1 aromatic heterocycles. The number of aromatic nitrogens is 3. The highest BCUT2D eigenvalue weighted by atomic mass is 19.4. The van der Waals surface area contributed by atoms with Gasteiger partial charge in [0.05, 0.1) is 12.1 Å². The van der Waals surface area contributed by atoms with Crippen LogP contribution in [0.1, 0.15) is 11.1 Å². The summed E-state index contributed by atoms with van der Waals surface area (Å²) in [5.41, 5.74) is -1.45. The highest BCUT2D eigenvalue weighted by molar-refractivity contribution is 5.58. The van der Waals surface area contributed by atoms with E-state index >= 15 is 0 Å². The van der Waals surface area contributed by atoms with E-state index in [0.717, 1.165) is 16.8 Å². The van der Waals surface area contributed by atoms with Gasteiger partial charge in [0.15, 0.2) is 0 Å². The zero-order chi connectivity index (χ0) is 20.8. The van der Waals surface area contributed by atoms with Gasteiger partial charge in [-0.2, -0.15) is 13.2 Å². The first-order valence-electron chi connectivity index (χ1n) is 8.65. The molecular weight excluding hydrogens is 392 g/mol. The summed E-state index contributed by atoms with van der Waals surface area (Å²) in [6.45, 7) is 0.462. The normalized spacial score (nSPS) is 13.6. The molecule has 0 saturated carbocycles. The van der Waals surface area contributed by atoms with Crippen molar-refractivity contribution in [2.75, 3.05) is 11.4 Å². The summed E-state index contributed by atoms with van der Waals surface area (Å²) in [6.07, 6.45) is -4.46. The van der Waals surface area contributed by atoms with Crippen LogP contribution in [-0.4, -0.2) is 20.9 Å². The van der Waals surface area contributed by atoms with Gasteiger partial charge in [0.2, 0.25) is 5.95 Å². The van der Waals surface area contributed by atoms with Crippen LogP contribution in [0.3, 0.4) is 0 Å². The Balaban J connectivity index is 1.70. The molecule has 0 saturated heterocycles. The van der Waals surface area contributed by atoms with Crippen LogP contribution in [0.25, 0.3) is 0 Å². The topological polar surface area (TPSA) is 60.1 Å². The van der Waals surface area contributed by atoms with Crippen LogP contribution < -0.4 is 16.0 Å². The predicted molar refractivity (Wildman–Crippen MR) is 96.7 cm³/mol. The monoisotopic (exact) mass is 406 g/mol. The predicted octanol–water partition coefficient (Wildman–Crippen LogP) is 2.76. The fraction of sp³-hybridized carbons (Fsp3) is 0.211. The third-order valence-electron chi connectivity index (χ3n) is 4.65. The van der Waals surface area contributed by atoms with E-state index in [9.17, 15) is 27.2 Å². The molecule has 150 valence electrons. The maximum atomic E-state index is 13.2. The van der Waals surface area contributed by atoms with Crippen molar-refractivity contribution in [3.63, 3.8) is 0 Å². The maximum Gasteiger partial charge on any atom is 0.416 e. The molecule has 1 aliphatic heterocycles. The van der Waals surface area contributed by atoms with Crippen LogP contribution in [0.5, 0.6) is 0 Å². The average Bonchev–Trinajstić information content (AvgIpc) is 3.10. The van der Waals surface area contributed by atoms with Gasteiger partial charge in [0, 0.05) is 18.8 Å². The molecule has 2 heterocycles. The van der Waals surface area contributed by atoms with Crippen LogP contribution in [-0.2, 0) is 19.3 Å². The first kappa shape index (κ1) is 18.9. The zero-order valence-electron chi connectivity index (χ0n) is 14.9. The third-order valence-corrected chi connectivity index (χ3v) is 4.65. The van der Waals surface area contributed by atoms with Gasteiger partial charge < -0.3 is 4.90 Å². The molecule has 0 fully saturated rings. The Bertz CT molecular complexity index is 1170. The number of hydrogen-bond donors (Lipinski definition) is 0. The summed E-state index contributed by atoms with van der Waals surface area (Å²) in [7, 11) is 0. The van der Waals surface area contributed by atoms with E-state index in [2.05, 4.69) is 5.10 Å².